The van der Waals surface area contributed by atoms with Crippen molar-refractivity contribution in [1.82, 2.24) is 4.98 Å². The van der Waals surface area contributed by atoms with E-state index in [0.29, 0.717) is 5.02 Å². The number of halogens is 4. The highest BCUT2D eigenvalue weighted by Crippen LogP contribution is 2.42. The van der Waals surface area contributed by atoms with Crippen LogP contribution in [0.4, 0.5) is 0 Å². The zero-order valence-electron chi connectivity index (χ0n) is 9.50. The van der Waals surface area contributed by atoms with Gasteiger partial charge in [0, 0.05) is 25.7 Å². The minimum Gasteiger partial charge on any atom is -0.258 e. The summed E-state index contributed by atoms with van der Waals surface area (Å²) in [5.41, 5.74) is 3.85. The zero-order chi connectivity index (χ0) is 13.6. The van der Waals surface area contributed by atoms with E-state index < -0.39 is 0 Å². The lowest BCUT2D eigenvalue weighted by molar-refractivity contribution is 1.03. The van der Waals surface area contributed by atoms with E-state index in [1.165, 1.54) is 0 Å². The quantitative estimate of drug-likeness (QED) is 0.475. The van der Waals surface area contributed by atoms with Crippen molar-refractivity contribution < 1.29 is 0 Å². The molecular formula is C14H7Br2Cl2N. The van der Waals surface area contributed by atoms with E-state index in [2.05, 4.69) is 36.8 Å². The first-order valence-electron chi connectivity index (χ1n) is 5.53. The second-order valence-electron chi connectivity index (χ2n) is 4.21. The first-order chi connectivity index (χ1) is 9.06. The van der Waals surface area contributed by atoms with Crippen LogP contribution < -0.4 is 0 Å². The highest BCUT2D eigenvalue weighted by atomic mass is 79.9. The van der Waals surface area contributed by atoms with Crippen LogP contribution in [0.5, 0.6) is 0 Å². The highest BCUT2D eigenvalue weighted by Gasteiger charge is 2.23. The number of aromatic nitrogens is 1. The molecule has 1 heterocycles. The van der Waals surface area contributed by atoms with E-state index >= 15 is 0 Å². The van der Waals surface area contributed by atoms with E-state index in [0.717, 1.165) is 31.3 Å². The lowest BCUT2D eigenvalue weighted by atomic mass is 10.0. The summed E-state index contributed by atoms with van der Waals surface area (Å²) in [5.74, 6) is 0. The molecule has 19 heavy (non-hydrogen) atoms. The predicted molar refractivity (Wildman–Crippen MR) is 87.9 cm³/mol. The normalized spacial score (nSPS) is 17.3. The SMILES string of the molecule is Clc1ccc2c(c1)C=C(Br)c1cc(Br)cnc1C2Cl. The fraction of sp³-hybridized carbons (Fsp3) is 0.0714. The molecule has 1 unspecified atom stereocenters. The molecule has 1 atom stereocenters. The maximum atomic E-state index is 6.58. The van der Waals surface area contributed by atoms with Gasteiger partial charge in [-0.2, -0.15) is 0 Å². The van der Waals surface area contributed by atoms with Gasteiger partial charge in [0.05, 0.1) is 5.69 Å². The van der Waals surface area contributed by atoms with Crippen molar-refractivity contribution in [1.29, 1.82) is 0 Å². The maximum absolute atomic E-state index is 6.58. The first kappa shape index (κ1) is 13.6. The van der Waals surface area contributed by atoms with Gasteiger partial charge in [-0.25, -0.2) is 0 Å². The van der Waals surface area contributed by atoms with Crippen molar-refractivity contribution in [2.75, 3.05) is 0 Å². The Hall–Kier alpha value is -0.350. The van der Waals surface area contributed by atoms with Crippen molar-refractivity contribution in [2.45, 2.75) is 5.38 Å². The van der Waals surface area contributed by atoms with Gasteiger partial charge in [-0.1, -0.05) is 33.6 Å². The number of nitrogens with zero attached hydrogens (tertiary/aromatic N) is 1. The minimum absolute atomic E-state index is 0.290. The number of alkyl halides is 1. The smallest absolute Gasteiger partial charge is 0.102 e. The van der Waals surface area contributed by atoms with Gasteiger partial charge in [0.1, 0.15) is 5.38 Å². The molecule has 1 aliphatic rings. The van der Waals surface area contributed by atoms with Gasteiger partial charge in [0.15, 0.2) is 0 Å². The molecule has 1 aromatic carbocycles. The van der Waals surface area contributed by atoms with Crippen molar-refractivity contribution in [2.24, 2.45) is 0 Å². The number of hydrogen-bond donors (Lipinski definition) is 0. The van der Waals surface area contributed by atoms with Crippen LogP contribution in [0.15, 0.2) is 34.9 Å². The van der Waals surface area contributed by atoms with Gasteiger partial charge >= 0.3 is 0 Å². The summed E-state index contributed by atoms with van der Waals surface area (Å²) in [6, 6.07) is 7.71. The number of pyridine rings is 1. The Balaban J connectivity index is 2.30. The van der Waals surface area contributed by atoms with E-state index in [1.807, 2.05) is 30.3 Å². The highest BCUT2D eigenvalue weighted by molar-refractivity contribution is 9.15. The lowest BCUT2D eigenvalue weighted by Gasteiger charge is -2.13. The van der Waals surface area contributed by atoms with Crippen molar-refractivity contribution in [3.8, 4) is 0 Å². The van der Waals surface area contributed by atoms with Crippen LogP contribution in [-0.4, -0.2) is 4.98 Å². The average Bonchev–Trinajstić information content (AvgIpc) is 2.46. The van der Waals surface area contributed by atoms with Crippen LogP contribution in [0, 0.1) is 0 Å². The molecule has 0 N–H and O–H groups in total. The molecule has 0 amide bonds. The molecule has 0 fully saturated rings. The van der Waals surface area contributed by atoms with Gasteiger partial charge < -0.3 is 0 Å². The lowest BCUT2D eigenvalue weighted by Crippen LogP contribution is -2.00. The monoisotopic (exact) mass is 417 g/mol. The van der Waals surface area contributed by atoms with E-state index in [4.69, 9.17) is 23.2 Å². The molecule has 96 valence electrons. The van der Waals surface area contributed by atoms with Gasteiger partial charge in [-0.05, 0) is 51.3 Å². The first-order valence-corrected chi connectivity index (χ1v) is 7.93. The third-order valence-corrected chi connectivity index (χ3v) is 4.75. The Morgan fingerprint density at radius 1 is 1.16 bits per heavy atom. The summed E-state index contributed by atoms with van der Waals surface area (Å²) >= 11 is 19.7. The second kappa shape index (κ2) is 5.21. The Labute approximate surface area is 137 Å². The number of rotatable bonds is 0. The molecule has 0 aliphatic heterocycles. The number of fused-ring (bicyclic) bond motifs is 2. The number of hydrogen-bond acceptors (Lipinski definition) is 1. The molecule has 1 aromatic heterocycles. The number of benzene rings is 1. The van der Waals surface area contributed by atoms with Crippen LogP contribution in [0.1, 0.15) is 27.8 Å². The Kier molecular flexibility index (Phi) is 3.73. The molecular weight excluding hydrogens is 413 g/mol. The van der Waals surface area contributed by atoms with Crippen LogP contribution in [0.25, 0.3) is 10.6 Å². The van der Waals surface area contributed by atoms with Crippen molar-refractivity contribution in [3.63, 3.8) is 0 Å². The van der Waals surface area contributed by atoms with Crippen molar-refractivity contribution in [3.05, 3.63) is 62.3 Å². The van der Waals surface area contributed by atoms with Crippen LogP contribution in [0.3, 0.4) is 0 Å². The molecule has 0 saturated carbocycles. The largest absolute Gasteiger partial charge is 0.258 e. The maximum Gasteiger partial charge on any atom is 0.102 e. The third-order valence-electron chi connectivity index (χ3n) is 2.99. The van der Waals surface area contributed by atoms with E-state index in [-0.39, 0.29) is 5.38 Å². The molecule has 0 saturated heterocycles. The summed E-state index contributed by atoms with van der Waals surface area (Å²) in [7, 11) is 0. The summed E-state index contributed by atoms with van der Waals surface area (Å²) < 4.78 is 1.87. The standard InChI is InChI=1S/C14H7Br2Cl2N/c15-8-5-11-12(16)4-7-3-9(17)1-2-10(7)13(18)14(11)19-6-8/h1-6,13H. The Bertz CT molecular complexity index is 698. The average molecular weight is 420 g/mol. The minimum atomic E-state index is -0.290. The van der Waals surface area contributed by atoms with Crippen LogP contribution in [-0.2, 0) is 0 Å². The Morgan fingerprint density at radius 2 is 1.95 bits per heavy atom. The van der Waals surface area contributed by atoms with Gasteiger partial charge in [-0.15, -0.1) is 11.6 Å². The summed E-state index contributed by atoms with van der Waals surface area (Å²) in [6.07, 6.45) is 3.78. The molecule has 1 aliphatic carbocycles. The molecule has 3 rings (SSSR count). The zero-order valence-corrected chi connectivity index (χ0v) is 14.2. The molecule has 2 aromatic rings. The van der Waals surface area contributed by atoms with Gasteiger partial charge in [-0.3, -0.25) is 4.98 Å². The molecule has 0 spiro atoms. The molecule has 0 bridgehead atoms. The van der Waals surface area contributed by atoms with Crippen LogP contribution in [0.2, 0.25) is 5.02 Å². The summed E-state index contributed by atoms with van der Waals surface area (Å²) in [4.78, 5) is 4.45. The fourth-order valence-electron chi connectivity index (χ4n) is 2.11. The van der Waals surface area contributed by atoms with Crippen LogP contribution >= 0.6 is 55.1 Å². The molecule has 1 nitrogen and oxygen atoms in total. The summed E-state index contributed by atoms with van der Waals surface area (Å²) in [6.45, 7) is 0. The molecule has 0 radical (unpaired) electrons. The summed E-state index contributed by atoms with van der Waals surface area (Å²) in [5, 5.41) is 0.404. The second-order valence-corrected chi connectivity index (χ2v) is 6.86. The Morgan fingerprint density at radius 3 is 2.74 bits per heavy atom. The third kappa shape index (κ3) is 2.49. The van der Waals surface area contributed by atoms with Gasteiger partial charge in [0.2, 0.25) is 0 Å². The fourth-order valence-corrected chi connectivity index (χ4v) is 3.55. The topological polar surface area (TPSA) is 12.9 Å². The van der Waals surface area contributed by atoms with E-state index in [1.54, 1.807) is 6.20 Å². The van der Waals surface area contributed by atoms with E-state index in [9.17, 15) is 0 Å². The van der Waals surface area contributed by atoms with Crippen molar-refractivity contribution >= 4 is 65.6 Å². The molecule has 5 heteroatoms. The predicted octanol–water partition coefficient (Wildman–Crippen LogP) is 6.03. The van der Waals surface area contributed by atoms with Gasteiger partial charge in [0.25, 0.3) is 0 Å².